The Bertz CT molecular complexity index is 722. The smallest absolute Gasteiger partial charge is 0.263 e. The predicted molar refractivity (Wildman–Crippen MR) is 99.2 cm³/mol. The zero-order valence-electron chi connectivity index (χ0n) is 15.4. The van der Waals surface area contributed by atoms with Crippen molar-refractivity contribution in [3.63, 3.8) is 0 Å². The molecule has 2 saturated heterocycles. The van der Waals surface area contributed by atoms with E-state index >= 15 is 0 Å². The Hall–Kier alpha value is -2.15. The quantitative estimate of drug-likeness (QED) is 0.774. The molecule has 0 saturated carbocycles. The van der Waals surface area contributed by atoms with Gasteiger partial charge < -0.3 is 20.1 Å². The van der Waals surface area contributed by atoms with Crippen LogP contribution in [0.4, 0.5) is 0 Å². The molecule has 2 fully saturated rings. The van der Waals surface area contributed by atoms with E-state index in [0.717, 1.165) is 38.9 Å². The van der Waals surface area contributed by atoms with Crippen LogP contribution in [-0.2, 0) is 11.3 Å². The Morgan fingerprint density at radius 1 is 1.35 bits per heavy atom. The minimum Gasteiger partial charge on any atom is -0.350 e. The van der Waals surface area contributed by atoms with Gasteiger partial charge in [-0.2, -0.15) is 0 Å². The second-order valence-electron chi connectivity index (χ2n) is 7.28. The third-order valence-corrected chi connectivity index (χ3v) is 5.29. The standard InChI is InChI=1S/C19H28N4O3/c1-14-6-10-23(13-15-4-2-7-20-12-15)19(26)17(14)18(25)21-8-11-22-9-3-5-16(22)24/h6,10,15,20H,2-5,7-9,11-13H2,1H3,(H,21,25). The third kappa shape index (κ3) is 4.33. The van der Waals surface area contributed by atoms with E-state index in [4.69, 9.17) is 0 Å². The number of nitrogens with zero attached hydrogens (tertiary/aromatic N) is 2. The van der Waals surface area contributed by atoms with Crippen molar-refractivity contribution in [2.24, 2.45) is 5.92 Å². The maximum atomic E-state index is 12.8. The number of hydrogen-bond acceptors (Lipinski definition) is 4. The molecule has 0 aromatic carbocycles. The first-order valence-corrected chi connectivity index (χ1v) is 9.53. The fourth-order valence-electron chi connectivity index (χ4n) is 3.78. The van der Waals surface area contributed by atoms with E-state index in [1.54, 1.807) is 22.6 Å². The van der Waals surface area contributed by atoms with E-state index in [2.05, 4.69) is 10.6 Å². The van der Waals surface area contributed by atoms with E-state index in [0.29, 0.717) is 37.5 Å². The van der Waals surface area contributed by atoms with Gasteiger partial charge >= 0.3 is 0 Å². The first-order chi connectivity index (χ1) is 12.6. The van der Waals surface area contributed by atoms with Crippen LogP contribution >= 0.6 is 0 Å². The molecule has 7 nitrogen and oxygen atoms in total. The van der Waals surface area contributed by atoms with Gasteiger partial charge in [0.1, 0.15) is 5.56 Å². The average Bonchev–Trinajstić information content (AvgIpc) is 3.04. The number of carbonyl (C=O) groups is 2. The van der Waals surface area contributed by atoms with Gasteiger partial charge in [0, 0.05) is 38.8 Å². The van der Waals surface area contributed by atoms with E-state index in [1.165, 1.54) is 0 Å². The van der Waals surface area contributed by atoms with Gasteiger partial charge in [-0.3, -0.25) is 14.4 Å². The molecular formula is C19H28N4O3. The minimum absolute atomic E-state index is 0.138. The van der Waals surface area contributed by atoms with Crippen molar-refractivity contribution in [2.75, 3.05) is 32.7 Å². The van der Waals surface area contributed by atoms with Crippen LogP contribution in [0.5, 0.6) is 0 Å². The molecule has 26 heavy (non-hydrogen) atoms. The lowest BCUT2D eigenvalue weighted by Crippen LogP contribution is -2.40. The number of rotatable bonds is 6. The van der Waals surface area contributed by atoms with Crippen LogP contribution in [0, 0.1) is 12.8 Å². The first-order valence-electron chi connectivity index (χ1n) is 9.53. The molecule has 0 aliphatic carbocycles. The molecule has 1 aromatic rings. The van der Waals surface area contributed by atoms with Crippen LogP contribution in [0.1, 0.15) is 41.6 Å². The average molecular weight is 360 g/mol. The van der Waals surface area contributed by atoms with Crippen LogP contribution in [0.15, 0.2) is 17.1 Å². The number of aryl methyl sites for hydroxylation is 1. The molecule has 1 aromatic heterocycles. The summed E-state index contributed by atoms with van der Waals surface area (Å²) in [6.45, 7) is 5.98. The van der Waals surface area contributed by atoms with Crippen LogP contribution < -0.4 is 16.2 Å². The number of amides is 2. The second-order valence-corrected chi connectivity index (χ2v) is 7.28. The van der Waals surface area contributed by atoms with Crippen molar-refractivity contribution in [3.8, 4) is 0 Å². The SMILES string of the molecule is Cc1ccn(CC2CCCNC2)c(=O)c1C(=O)NCCN1CCCC1=O. The molecule has 2 N–H and O–H groups in total. The number of nitrogens with one attached hydrogen (secondary N) is 2. The molecule has 0 bridgehead atoms. The highest BCUT2D eigenvalue weighted by molar-refractivity contribution is 5.95. The van der Waals surface area contributed by atoms with E-state index in [9.17, 15) is 14.4 Å². The van der Waals surface area contributed by atoms with Crippen LogP contribution in [0.2, 0.25) is 0 Å². The summed E-state index contributed by atoms with van der Waals surface area (Å²) in [6.07, 6.45) is 5.47. The Morgan fingerprint density at radius 3 is 2.88 bits per heavy atom. The molecule has 1 unspecified atom stereocenters. The number of pyridine rings is 1. The lowest BCUT2D eigenvalue weighted by molar-refractivity contribution is -0.127. The Labute approximate surface area is 153 Å². The summed E-state index contributed by atoms with van der Waals surface area (Å²) in [5, 5.41) is 6.16. The normalized spacial score (nSPS) is 20.4. The molecule has 0 radical (unpaired) electrons. The molecule has 7 heteroatoms. The highest BCUT2D eigenvalue weighted by Gasteiger charge is 2.21. The third-order valence-electron chi connectivity index (χ3n) is 5.29. The van der Waals surface area contributed by atoms with Gasteiger partial charge in [0.15, 0.2) is 0 Å². The lowest BCUT2D eigenvalue weighted by Gasteiger charge is -2.23. The summed E-state index contributed by atoms with van der Waals surface area (Å²) in [4.78, 5) is 38.7. The number of carbonyl (C=O) groups excluding carboxylic acids is 2. The molecule has 2 aliphatic heterocycles. The Kier molecular flexibility index (Phi) is 6.08. The fraction of sp³-hybridized carbons (Fsp3) is 0.632. The summed E-state index contributed by atoms with van der Waals surface area (Å²) < 4.78 is 1.66. The van der Waals surface area contributed by atoms with Crippen molar-refractivity contribution >= 4 is 11.8 Å². The summed E-state index contributed by atoms with van der Waals surface area (Å²) in [5.74, 6) is 0.204. The monoisotopic (exact) mass is 360 g/mol. The summed E-state index contributed by atoms with van der Waals surface area (Å²) >= 11 is 0. The van der Waals surface area contributed by atoms with Gasteiger partial charge in [-0.25, -0.2) is 0 Å². The van der Waals surface area contributed by atoms with Crippen LogP contribution in [-0.4, -0.2) is 54.0 Å². The fourth-order valence-corrected chi connectivity index (χ4v) is 3.78. The maximum absolute atomic E-state index is 12.8. The minimum atomic E-state index is -0.352. The van der Waals surface area contributed by atoms with Gasteiger partial charge in [0.2, 0.25) is 5.91 Å². The largest absolute Gasteiger partial charge is 0.350 e. The molecule has 3 heterocycles. The van der Waals surface area contributed by atoms with Gasteiger partial charge in [0.05, 0.1) is 0 Å². The molecule has 3 rings (SSSR count). The highest BCUT2D eigenvalue weighted by Crippen LogP contribution is 2.12. The molecule has 2 aliphatic rings. The van der Waals surface area contributed by atoms with Crippen molar-refractivity contribution in [1.82, 2.24) is 20.1 Å². The van der Waals surface area contributed by atoms with Crippen molar-refractivity contribution in [3.05, 3.63) is 33.7 Å². The zero-order chi connectivity index (χ0) is 18.5. The Morgan fingerprint density at radius 2 is 2.19 bits per heavy atom. The zero-order valence-corrected chi connectivity index (χ0v) is 15.4. The first kappa shape index (κ1) is 18.6. The van der Waals surface area contributed by atoms with Crippen LogP contribution in [0.3, 0.4) is 0 Å². The summed E-state index contributed by atoms with van der Waals surface area (Å²) in [5.41, 5.74) is 0.664. The summed E-state index contributed by atoms with van der Waals surface area (Å²) in [6, 6.07) is 1.83. The number of likely N-dealkylation sites (tertiary alicyclic amines) is 1. The van der Waals surface area contributed by atoms with E-state index < -0.39 is 0 Å². The van der Waals surface area contributed by atoms with Crippen molar-refractivity contribution in [1.29, 1.82) is 0 Å². The molecule has 1 atom stereocenters. The van der Waals surface area contributed by atoms with Crippen molar-refractivity contribution in [2.45, 2.75) is 39.2 Å². The number of aromatic nitrogens is 1. The number of hydrogen-bond donors (Lipinski definition) is 2. The number of piperidine rings is 1. The maximum Gasteiger partial charge on any atom is 0.263 e. The van der Waals surface area contributed by atoms with Gasteiger partial charge in [-0.15, -0.1) is 0 Å². The molecule has 142 valence electrons. The Balaban J connectivity index is 1.63. The van der Waals surface area contributed by atoms with Crippen molar-refractivity contribution < 1.29 is 9.59 Å². The van der Waals surface area contributed by atoms with Crippen LogP contribution in [0.25, 0.3) is 0 Å². The second kappa shape index (κ2) is 8.49. The lowest BCUT2D eigenvalue weighted by atomic mass is 9.99. The predicted octanol–water partition coefficient (Wildman–Crippen LogP) is 0.509. The van der Waals surface area contributed by atoms with E-state index in [-0.39, 0.29) is 22.9 Å². The molecular weight excluding hydrogens is 332 g/mol. The molecule has 2 amide bonds. The van der Waals surface area contributed by atoms with E-state index in [1.807, 2.05) is 6.07 Å². The van der Waals surface area contributed by atoms with Gasteiger partial charge in [-0.05, 0) is 56.8 Å². The summed E-state index contributed by atoms with van der Waals surface area (Å²) in [7, 11) is 0. The van der Waals surface area contributed by atoms with Gasteiger partial charge in [0.25, 0.3) is 11.5 Å². The molecule has 0 spiro atoms. The van der Waals surface area contributed by atoms with Gasteiger partial charge in [-0.1, -0.05) is 0 Å². The topological polar surface area (TPSA) is 83.4 Å². The highest BCUT2D eigenvalue weighted by atomic mass is 16.2.